The van der Waals surface area contributed by atoms with Crippen LogP contribution >= 0.6 is 0 Å². The summed E-state index contributed by atoms with van der Waals surface area (Å²) in [4.78, 5) is 0. The summed E-state index contributed by atoms with van der Waals surface area (Å²) in [5.41, 5.74) is 2.65. The van der Waals surface area contributed by atoms with E-state index >= 15 is 0 Å². The van der Waals surface area contributed by atoms with Crippen molar-refractivity contribution in [1.82, 2.24) is 0 Å². The molecular formula is C24H30O2. The zero-order valence-electron chi connectivity index (χ0n) is 15.6. The third kappa shape index (κ3) is 4.19. The second-order valence-corrected chi connectivity index (χ2v) is 7.90. The quantitative estimate of drug-likeness (QED) is 0.658. The Morgan fingerprint density at radius 3 is 2.04 bits per heavy atom. The molecule has 2 aromatic rings. The van der Waals surface area contributed by atoms with Crippen molar-refractivity contribution in [1.29, 1.82) is 0 Å². The lowest BCUT2D eigenvalue weighted by atomic mass is 9.86. The average Bonchev–Trinajstić information content (AvgIpc) is 2.90. The summed E-state index contributed by atoms with van der Waals surface area (Å²) in [5, 5.41) is 0. The first-order chi connectivity index (χ1) is 12.8. The van der Waals surface area contributed by atoms with Crippen LogP contribution in [0.3, 0.4) is 0 Å². The fourth-order valence-corrected chi connectivity index (χ4v) is 4.61. The van der Waals surface area contributed by atoms with Crippen molar-refractivity contribution in [3.8, 4) is 0 Å². The average molecular weight is 351 g/mol. The van der Waals surface area contributed by atoms with E-state index < -0.39 is 5.79 Å². The van der Waals surface area contributed by atoms with E-state index in [1.165, 1.54) is 49.7 Å². The fraction of sp³-hybridized carbons (Fsp3) is 0.500. The third-order valence-corrected chi connectivity index (χ3v) is 5.96. The van der Waals surface area contributed by atoms with E-state index in [0.717, 1.165) is 12.8 Å². The van der Waals surface area contributed by atoms with Gasteiger partial charge in [-0.05, 0) is 24.0 Å². The normalized spacial score (nSPS) is 27.3. The second-order valence-electron chi connectivity index (χ2n) is 7.90. The van der Waals surface area contributed by atoms with Gasteiger partial charge < -0.3 is 9.47 Å². The van der Waals surface area contributed by atoms with E-state index in [4.69, 9.17) is 9.47 Å². The van der Waals surface area contributed by atoms with Gasteiger partial charge in [0.15, 0.2) is 5.79 Å². The van der Waals surface area contributed by atoms with Gasteiger partial charge in [-0.15, -0.1) is 0 Å². The summed E-state index contributed by atoms with van der Waals surface area (Å²) < 4.78 is 13.2. The molecule has 2 aliphatic rings. The maximum absolute atomic E-state index is 6.73. The van der Waals surface area contributed by atoms with Gasteiger partial charge in [0, 0.05) is 18.8 Å². The number of hydrogen-bond acceptors (Lipinski definition) is 2. The molecule has 1 aliphatic heterocycles. The molecule has 2 aromatic carbocycles. The van der Waals surface area contributed by atoms with Crippen LogP contribution in [0.15, 0.2) is 60.7 Å². The Labute approximate surface area is 157 Å². The number of ether oxygens (including phenoxy) is 2. The van der Waals surface area contributed by atoms with Crippen LogP contribution in [0.25, 0.3) is 0 Å². The summed E-state index contributed by atoms with van der Waals surface area (Å²) in [5.74, 6) is 0.0662. The van der Waals surface area contributed by atoms with Crippen molar-refractivity contribution in [2.24, 2.45) is 5.92 Å². The molecule has 0 N–H and O–H groups in total. The Morgan fingerprint density at radius 1 is 0.769 bits per heavy atom. The number of rotatable bonds is 5. The second kappa shape index (κ2) is 8.37. The van der Waals surface area contributed by atoms with Crippen LogP contribution in [0.2, 0.25) is 0 Å². The molecule has 2 atom stereocenters. The van der Waals surface area contributed by atoms with Gasteiger partial charge in [0.2, 0.25) is 0 Å². The lowest BCUT2D eigenvalue weighted by molar-refractivity contribution is -0.207. The van der Waals surface area contributed by atoms with Crippen LogP contribution in [0.4, 0.5) is 0 Å². The highest BCUT2D eigenvalue weighted by Gasteiger charge is 2.47. The summed E-state index contributed by atoms with van der Waals surface area (Å²) >= 11 is 0. The molecule has 1 heterocycles. The zero-order valence-corrected chi connectivity index (χ0v) is 15.6. The largest absolute Gasteiger partial charge is 0.347 e. The minimum atomic E-state index is -0.439. The van der Waals surface area contributed by atoms with Crippen molar-refractivity contribution in [3.63, 3.8) is 0 Å². The van der Waals surface area contributed by atoms with Gasteiger partial charge >= 0.3 is 0 Å². The van der Waals surface area contributed by atoms with E-state index in [1.54, 1.807) is 0 Å². The van der Waals surface area contributed by atoms with Crippen LogP contribution in [-0.2, 0) is 22.3 Å². The summed E-state index contributed by atoms with van der Waals surface area (Å²) in [6.45, 7) is 0.707. The summed E-state index contributed by atoms with van der Waals surface area (Å²) in [6, 6.07) is 21.4. The molecule has 1 saturated carbocycles. The molecule has 1 aliphatic carbocycles. The van der Waals surface area contributed by atoms with Crippen LogP contribution in [0.1, 0.15) is 49.7 Å². The highest BCUT2D eigenvalue weighted by atomic mass is 16.7. The van der Waals surface area contributed by atoms with Gasteiger partial charge in [0.1, 0.15) is 0 Å². The standard InChI is InChI=1S/C24H30O2/c1-2-10-16-22(15-9-1)24(18-21-13-7-4-8-14-21)25-19-23(26-24)17-20-11-5-3-6-12-20/h3-8,11-14,22-23H,1-2,9-10,15-19H2. The van der Waals surface area contributed by atoms with Crippen LogP contribution in [0, 0.1) is 5.92 Å². The van der Waals surface area contributed by atoms with Crippen molar-refractivity contribution in [3.05, 3.63) is 71.8 Å². The van der Waals surface area contributed by atoms with Crippen molar-refractivity contribution >= 4 is 0 Å². The molecule has 0 radical (unpaired) electrons. The Bertz CT molecular complexity index is 661. The Morgan fingerprint density at radius 2 is 1.38 bits per heavy atom. The molecule has 2 unspecified atom stereocenters. The van der Waals surface area contributed by atoms with E-state index in [0.29, 0.717) is 12.5 Å². The number of benzene rings is 2. The Hall–Kier alpha value is -1.64. The molecule has 0 spiro atoms. The van der Waals surface area contributed by atoms with Gasteiger partial charge in [-0.25, -0.2) is 0 Å². The maximum atomic E-state index is 6.73. The monoisotopic (exact) mass is 350 g/mol. The molecule has 2 heteroatoms. The molecule has 0 bridgehead atoms. The predicted octanol–water partition coefficient (Wildman–Crippen LogP) is 5.55. The van der Waals surface area contributed by atoms with Gasteiger partial charge in [0.05, 0.1) is 12.7 Å². The molecule has 1 saturated heterocycles. The van der Waals surface area contributed by atoms with E-state index in [9.17, 15) is 0 Å². The van der Waals surface area contributed by atoms with Gasteiger partial charge in [0.25, 0.3) is 0 Å². The highest BCUT2D eigenvalue weighted by molar-refractivity contribution is 5.18. The zero-order chi connectivity index (χ0) is 17.7. The molecule has 0 aromatic heterocycles. The molecule has 2 fully saturated rings. The van der Waals surface area contributed by atoms with Crippen molar-refractivity contribution in [2.45, 2.75) is 63.3 Å². The molecule has 138 valence electrons. The van der Waals surface area contributed by atoms with E-state index in [-0.39, 0.29) is 6.10 Å². The maximum Gasteiger partial charge on any atom is 0.175 e. The molecular weight excluding hydrogens is 320 g/mol. The third-order valence-electron chi connectivity index (χ3n) is 5.96. The number of hydrogen-bond donors (Lipinski definition) is 0. The Kier molecular flexibility index (Phi) is 5.72. The molecule has 2 nitrogen and oxygen atoms in total. The Balaban J connectivity index is 1.53. The fourth-order valence-electron chi connectivity index (χ4n) is 4.61. The minimum Gasteiger partial charge on any atom is -0.347 e. The first-order valence-corrected chi connectivity index (χ1v) is 10.2. The van der Waals surface area contributed by atoms with E-state index in [2.05, 4.69) is 60.7 Å². The summed E-state index contributed by atoms with van der Waals surface area (Å²) in [6.07, 6.45) is 9.72. The van der Waals surface area contributed by atoms with Gasteiger partial charge in [-0.3, -0.25) is 0 Å². The SMILES string of the molecule is c1ccc(CC2COC(Cc3ccccc3)(C3CCCCCC3)O2)cc1. The minimum absolute atomic E-state index is 0.157. The summed E-state index contributed by atoms with van der Waals surface area (Å²) in [7, 11) is 0. The van der Waals surface area contributed by atoms with Crippen LogP contribution in [-0.4, -0.2) is 18.5 Å². The highest BCUT2D eigenvalue weighted by Crippen LogP contribution is 2.42. The van der Waals surface area contributed by atoms with Crippen LogP contribution < -0.4 is 0 Å². The molecule has 4 rings (SSSR count). The topological polar surface area (TPSA) is 18.5 Å². The first kappa shape index (κ1) is 17.8. The van der Waals surface area contributed by atoms with Gasteiger partial charge in [-0.1, -0.05) is 86.3 Å². The lowest BCUT2D eigenvalue weighted by Crippen LogP contribution is -2.42. The van der Waals surface area contributed by atoms with Gasteiger partial charge in [-0.2, -0.15) is 0 Å². The smallest absolute Gasteiger partial charge is 0.175 e. The van der Waals surface area contributed by atoms with Crippen molar-refractivity contribution < 1.29 is 9.47 Å². The predicted molar refractivity (Wildman–Crippen MR) is 105 cm³/mol. The van der Waals surface area contributed by atoms with Crippen LogP contribution in [0.5, 0.6) is 0 Å². The van der Waals surface area contributed by atoms with E-state index in [1.807, 2.05) is 0 Å². The first-order valence-electron chi connectivity index (χ1n) is 10.2. The molecule has 26 heavy (non-hydrogen) atoms. The molecule has 0 amide bonds. The lowest BCUT2D eigenvalue weighted by Gasteiger charge is -2.36. The van der Waals surface area contributed by atoms with Crippen molar-refractivity contribution in [2.75, 3.05) is 6.61 Å².